The summed E-state index contributed by atoms with van der Waals surface area (Å²) in [7, 11) is 3.06. The molecule has 0 aromatic heterocycles. The predicted molar refractivity (Wildman–Crippen MR) is 92.4 cm³/mol. The topological polar surface area (TPSA) is 103 Å². The molecule has 0 saturated carbocycles. The molecule has 2 rings (SSSR count). The van der Waals surface area contributed by atoms with Gasteiger partial charge in [-0.25, -0.2) is 5.43 Å². The maximum absolute atomic E-state index is 12.2. The van der Waals surface area contributed by atoms with E-state index < -0.39 is 10.8 Å². The molecule has 0 bridgehead atoms. The Morgan fingerprint density at radius 3 is 2.64 bits per heavy atom. The second-order valence-corrected chi connectivity index (χ2v) is 5.01. The minimum absolute atomic E-state index is 0.119. The molecule has 0 aliphatic rings. The third-order valence-corrected chi connectivity index (χ3v) is 3.55. The number of nitrogens with zero attached hydrogens (tertiary/aromatic N) is 2. The zero-order valence-electron chi connectivity index (χ0n) is 14.0. The van der Waals surface area contributed by atoms with Crippen LogP contribution in [0.4, 0.5) is 5.69 Å². The Hall–Kier alpha value is -3.42. The summed E-state index contributed by atoms with van der Waals surface area (Å²) in [6.45, 7) is 1.52. The molecular formula is C17H17N3O5. The molecule has 0 saturated heterocycles. The van der Waals surface area contributed by atoms with Crippen LogP contribution in [-0.4, -0.2) is 31.3 Å². The van der Waals surface area contributed by atoms with Gasteiger partial charge in [-0.3, -0.25) is 14.9 Å². The number of methoxy groups -OCH3 is 2. The number of carbonyl (C=O) groups is 1. The normalized spacial score (nSPS) is 10.5. The van der Waals surface area contributed by atoms with E-state index in [0.717, 1.165) is 0 Å². The van der Waals surface area contributed by atoms with Gasteiger partial charge in [0.15, 0.2) is 0 Å². The molecule has 0 aliphatic carbocycles. The summed E-state index contributed by atoms with van der Waals surface area (Å²) >= 11 is 0. The second kappa shape index (κ2) is 7.91. The maximum Gasteiger partial charge on any atom is 0.273 e. The number of amides is 1. The fourth-order valence-corrected chi connectivity index (χ4v) is 2.23. The van der Waals surface area contributed by atoms with Crippen LogP contribution in [-0.2, 0) is 0 Å². The zero-order chi connectivity index (χ0) is 18.4. The number of nitro benzene ring substituents is 1. The van der Waals surface area contributed by atoms with Crippen molar-refractivity contribution in [3.8, 4) is 11.5 Å². The lowest BCUT2D eigenvalue weighted by atomic mass is 10.1. The molecule has 0 unspecified atom stereocenters. The van der Waals surface area contributed by atoms with Crippen LogP contribution in [0.2, 0.25) is 0 Å². The van der Waals surface area contributed by atoms with Gasteiger partial charge in [0.1, 0.15) is 11.5 Å². The summed E-state index contributed by atoms with van der Waals surface area (Å²) < 4.78 is 10.3. The second-order valence-electron chi connectivity index (χ2n) is 5.01. The Labute approximate surface area is 144 Å². The van der Waals surface area contributed by atoms with Crippen LogP contribution in [0.25, 0.3) is 0 Å². The number of hydrazone groups is 1. The Morgan fingerprint density at radius 1 is 1.24 bits per heavy atom. The van der Waals surface area contributed by atoms with Crippen LogP contribution in [0.15, 0.2) is 41.5 Å². The first-order chi connectivity index (χ1) is 12.0. The standard InChI is InChI=1S/C17H17N3O5/c1-11-14(5-4-6-15(11)20(22)23)17(21)19-18-10-12-9-13(24-2)7-8-16(12)25-3/h4-10H,1-3H3,(H,19,21)/b18-10-. The quantitative estimate of drug-likeness (QED) is 0.493. The monoisotopic (exact) mass is 343 g/mol. The van der Waals surface area contributed by atoms with Crippen molar-refractivity contribution in [2.75, 3.05) is 14.2 Å². The van der Waals surface area contributed by atoms with Crippen LogP contribution in [0.5, 0.6) is 11.5 Å². The van der Waals surface area contributed by atoms with E-state index in [2.05, 4.69) is 10.5 Å². The molecule has 0 atom stereocenters. The Morgan fingerprint density at radius 2 is 2.00 bits per heavy atom. The smallest absolute Gasteiger partial charge is 0.273 e. The zero-order valence-corrected chi connectivity index (χ0v) is 14.0. The van der Waals surface area contributed by atoms with E-state index in [-0.39, 0.29) is 16.8 Å². The number of hydrogen-bond acceptors (Lipinski definition) is 6. The molecule has 8 heteroatoms. The highest BCUT2D eigenvalue weighted by molar-refractivity contribution is 5.97. The molecule has 25 heavy (non-hydrogen) atoms. The molecule has 130 valence electrons. The molecule has 8 nitrogen and oxygen atoms in total. The van der Waals surface area contributed by atoms with Crippen LogP contribution >= 0.6 is 0 Å². The molecule has 2 aromatic carbocycles. The summed E-state index contributed by atoms with van der Waals surface area (Å²) in [5, 5.41) is 14.8. The van der Waals surface area contributed by atoms with Crippen molar-refractivity contribution in [3.05, 3.63) is 63.2 Å². The Kier molecular flexibility index (Phi) is 5.67. The molecule has 0 aliphatic heterocycles. The van der Waals surface area contributed by atoms with Gasteiger partial charge in [0.25, 0.3) is 11.6 Å². The maximum atomic E-state index is 12.2. The van der Waals surface area contributed by atoms with Crippen molar-refractivity contribution in [1.29, 1.82) is 0 Å². The SMILES string of the molecule is COc1ccc(OC)c(/C=N\NC(=O)c2cccc([N+](=O)[O-])c2C)c1. The van der Waals surface area contributed by atoms with Gasteiger partial charge in [-0.15, -0.1) is 0 Å². The van der Waals surface area contributed by atoms with Gasteiger partial charge in [-0.1, -0.05) is 6.07 Å². The van der Waals surface area contributed by atoms with E-state index >= 15 is 0 Å². The Bertz CT molecular complexity index is 833. The van der Waals surface area contributed by atoms with Gasteiger partial charge in [0.2, 0.25) is 0 Å². The number of nitrogens with one attached hydrogen (secondary N) is 1. The van der Waals surface area contributed by atoms with Crippen molar-refractivity contribution in [2.45, 2.75) is 6.92 Å². The summed E-state index contributed by atoms with van der Waals surface area (Å²) in [4.78, 5) is 22.6. The van der Waals surface area contributed by atoms with E-state index in [4.69, 9.17) is 9.47 Å². The number of rotatable bonds is 6. The van der Waals surface area contributed by atoms with Gasteiger partial charge in [0.05, 0.1) is 30.9 Å². The first-order valence-electron chi connectivity index (χ1n) is 7.27. The van der Waals surface area contributed by atoms with E-state index in [0.29, 0.717) is 17.1 Å². The number of benzene rings is 2. The molecule has 1 N–H and O–H groups in total. The molecule has 2 aromatic rings. The van der Waals surface area contributed by atoms with E-state index in [9.17, 15) is 14.9 Å². The average Bonchev–Trinajstić information content (AvgIpc) is 2.61. The average molecular weight is 343 g/mol. The summed E-state index contributed by atoms with van der Waals surface area (Å²) in [5.41, 5.74) is 3.31. The highest BCUT2D eigenvalue weighted by Crippen LogP contribution is 2.23. The van der Waals surface area contributed by atoms with E-state index in [1.165, 1.54) is 45.6 Å². The third kappa shape index (κ3) is 4.11. The lowest BCUT2D eigenvalue weighted by Gasteiger charge is -2.07. The lowest BCUT2D eigenvalue weighted by Crippen LogP contribution is -2.19. The van der Waals surface area contributed by atoms with Crippen molar-refractivity contribution in [2.24, 2.45) is 5.10 Å². The molecule has 0 radical (unpaired) electrons. The molecule has 1 amide bonds. The van der Waals surface area contributed by atoms with Crippen LogP contribution in [0.1, 0.15) is 21.5 Å². The summed E-state index contributed by atoms with van der Waals surface area (Å²) in [5.74, 6) is 0.632. The van der Waals surface area contributed by atoms with Gasteiger partial charge in [0, 0.05) is 17.2 Å². The highest BCUT2D eigenvalue weighted by atomic mass is 16.6. The largest absolute Gasteiger partial charge is 0.497 e. The number of ether oxygens (including phenoxy) is 2. The van der Waals surface area contributed by atoms with Gasteiger partial charge < -0.3 is 9.47 Å². The van der Waals surface area contributed by atoms with Crippen molar-refractivity contribution < 1.29 is 19.2 Å². The van der Waals surface area contributed by atoms with Crippen LogP contribution in [0, 0.1) is 17.0 Å². The predicted octanol–water partition coefficient (Wildman–Crippen LogP) is 2.68. The highest BCUT2D eigenvalue weighted by Gasteiger charge is 2.17. The fourth-order valence-electron chi connectivity index (χ4n) is 2.23. The lowest BCUT2D eigenvalue weighted by molar-refractivity contribution is -0.385. The van der Waals surface area contributed by atoms with Gasteiger partial charge >= 0.3 is 0 Å². The van der Waals surface area contributed by atoms with Crippen molar-refractivity contribution >= 4 is 17.8 Å². The van der Waals surface area contributed by atoms with Gasteiger partial charge in [-0.2, -0.15) is 5.10 Å². The Balaban J connectivity index is 2.19. The minimum atomic E-state index is -0.542. The minimum Gasteiger partial charge on any atom is -0.497 e. The fraction of sp³-hybridized carbons (Fsp3) is 0.176. The molecular weight excluding hydrogens is 326 g/mol. The molecule has 0 spiro atoms. The first-order valence-corrected chi connectivity index (χ1v) is 7.27. The van der Waals surface area contributed by atoms with Gasteiger partial charge in [-0.05, 0) is 31.2 Å². The van der Waals surface area contributed by atoms with Crippen LogP contribution < -0.4 is 14.9 Å². The summed E-state index contributed by atoms with van der Waals surface area (Å²) in [6, 6.07) is 9.45. The number of carbonyl (C=O) groups excluding carboxylic acids is 1. The van der Waals surface area contributed by atoms with Crippen molar-refractivity contribution in [3.63, 3.8) is 0 Å². The van der Waals surface area contributed by atoms with Crippen LogP contribution in [0.3, 0.4) is 0 Å². The molecule has 0 heterocycles. The van der Waals surface area contributed by atoms with E-state index in [1.54, 1.807) is 18.2 Å². The number of nitro groups is 1. The molecule has 0 fully saturated rings. The third-order valence-electron chi connectivity index (χ3n) is 3.55. The van der Waals surface area contributed by atoms with E-state index in [1.807, 2.05) is 0 Å². The number of hydrogen-bond donors (Lipinski definition) is 1. The summed E-state index contributed by atoms with van der Waals surface area (Å²) in [6.07, 6.45) is 1.41. The van der Waals surface area contributed by atoms with Crippen molar-refractivity contribution in [1.82, 2.24) is 5.43 Å². The first kappa shape index (κ1) is 17.9.